The number of amides is 1. The number of hydrogen-bond acceptors (Lipinski definition) is 2. The summed E-state index contributed by atoms with van der Waals surface area (Å²) in [7, 11) is 0. The van der Waals surface area contributed by atoms with Crippen molar-refractivity contribution < 1.29 is 14.7 Å². The number of carbonyl (C=O) groups is 2. The van der Waals surface area contributed by atoms with E-state index in [0.29, 0.717) is 6.54 Å². The summed E-state index contributed by atoms with van der Waals surface area (Å²) < 4.78 is 0. The molecule has 0 aromatic heterocycles. The molecule has 1 unspecified atom stereocenters. The first-order valence-corrected chi connectivity index (χ1v) is 6.40. The van der Waals surface area contributed by atoms with E-state index >= 15 is 0 Å². The van der Waals surface area contributed by atoms with Crippen LogP contribution in [0.4, 0.5) is 0 Å². The van der Waals surface area contributed by atoms with Gasteiger partial charge in [-0.1, -0.05) is 17.7 Å². The number of hydrogen-bond donors (Lipinski definition) is 2. The number of rotatable bonds is 5. The number of carboxylic acid groups (broad SMARTS) is 1. The second-order valence-electron chi connectivity index (χ2n) is 4.98. The average Bonchev–Trinajstić information content (AvgIpc) is 2.30. The first-order chi connectivity index (χ1) is 8.82. The van der Waals surface area contributed by atoms with Crippen LogP contribution in [-0.2, 0) is 16.0 Å². The van der Waals surface area contributed by atoms with Crippen LogP contribution in [0.25, 0.3) is 0 Å². The molecule has 0 aliphatic heterocycles. The molecule has 1 atom stereocenters. The Morgan fingerprint density at radius 1 is 1.21 bits per heavy atom. The van der Waals surface area contributed by atoms with Gasteiger partial charge < -0.3 is 10.4 Å². The van der Waals surface area contributed by atoms with E-state index in [-0.39, 0.29) is 0 Å². The molecule has 1 aromatic rings. The number of carbonyl (C=O) groups excluding carboxylic acids is 1. The predicted octanol–water partition coefficient (Wildman–Crippen LogP) is 1.99. The zero-order chi connectivity index (χ0) is 14.6. The fourth-order valence-corrected chi connectivity index (χ4v) is 2.18. The van der Waals surface area contributed by atoms with Crippen LogP contribution >= 0.6 is 0 Å². The van der Waals surface area contributed by atoms with Crippen molar-refractivity contribution in [3.63, 3.8) is 0 Å². The van der Waals surface area contributed by atoms with E-state index in [2.05, 4.69) is 38.2 Å². The highest BCUT2D eigenvalue weighted by Gasteiger charge is 2.19. The van der Waals surface area contributed by atoms with Gasteiger partial charge in [0.25, 0.3) is 0 Å². The fourth-order valence-electron chi connectivity index (χ4n) is 2.18. The minimum atomic E-state index is -1.10. The maximum atomic E-state index is 11.5. The number of nitrogens with one attached hydrogen (secondary N) is 1. The van der Waals surface area contributed by atoms with Gasteiger partial charge in [-0.3, -0.25) is 9.59 Å². The highest BCUT2D eigenvalue weighted by molar-refractivity contribution is 5.96. The maximum absolute atomic E-state index is 11.5. The van der Waals surface area contributed by atoms with E-state index in [1.165, 1.54) is 29.2 Å². The Kier molecular flexibility index (Phi) is 5.10. The van der Waals surface area contributed by atoms with Gasteiger partial charge in [-0.15, -0.1) is 0 Å². The molecule has 2 N–H and O–H groups in total. The molecule has 0 radical (unpaired) electrons. The SMILES string of the molecule is Cc1cc(C)c(CCNC(=O)C(C)C(=O)O)c(C)c1. The predicted molar refractivity (Wildman–Crippen MR) is 74.2 cm³/mol. The van der Waals surface area contributed by atoms with Crippen molar-refractivity contribution in [3.8, 4) is 0 Å². The lowest BCUT2D eigenvalue weighted by Crippen LogP contribution is -2.34. The minimum absolute atomic E-state index is 0.435. The Hall–Kier alpha value is -1.84. The Balaban J connectivity index is 2.59. The number of aliphatic carboxylic acids is 1. The lowest BCUT2D eigenvalue weighted by atomic mass is 9.97. The molecule has 0 aliphatic rings. The van der Waals surface area contributed by atoms with Crippen LogP contribution < -0.4 is 5.32 Å². The maximum Gasteiger partial charge on any atom is 0.315 e. The van der Waals surface area contributed by atoms with Crippen LogP contribution in [0.2, 0.25) is 0 Å². The first-order valence-electron chi connectivity index (χ1n) is 6.40. The molecule has 19 heavy (non-hydrogen) atoms. The number of carboxylic acids is 1. The molecule has 4 heteroatoms. The highest BCUT2D eigenvalue weighted by atomic mass is 16.4. The molecular formula is C15H21NO3. The third-order valence-corrected chi connectivity index (χ3v) is 3.28. The fraction of sp³-hybridized carbons (Fsp3) is 0.467. The molecule has 1 amide bonds. The minimum Gasteiger partial charge on any atom is -0.481 e. The first kappa shape index (κ1) is 15.2. The number of benzene rings is 1. The molecule has 0 fully saturated rings. The van der Waals surface area contributed by atoms with E-state index in [0.717, 1.165) is 6.42 Å². The topological polar surface area (TPSA) is 66.4 Å². The van der Waals surface area contributed by atoms with E-state index in [9.17, 15) is 9.59 Å². The molecule has 104 valence electrons. The summed E-state index contributed by atoms with van der Waals surface area (Å²) >= 11 is 0. The Morgan fingerprint density at radius 3 is 2.21 bits per heavy atom. The third kappa shape index (κ3) is 4.09. The van der Waals surface area contributed by atoms with Gasteiger partial charge in [-0.05, 0) is 50.8 Å². The van der Waals surface area contributed by atoms with Crippen LogP contribution in [0.3, 0.4) is 0 Å². The summed E-state index contributed by atoms with van der Waals surface area (Å²) in [5.74, 6) is -2.53. The molecule has 0 saturated carbocycles. The van der Waals surface area contributed by atoms with Gasteiger partial charge in [0.2, 0.25) is 5.91 Å². The molecule has 1 aromatic carbocycles. The van der Waals surface area contributed by atoms with Gasteiger partial charge in [-0.2, -0.15) is 0 Å². The van der Waals surface area contributed by atoms with Gasteiger partial charge in [0.15, 0.2) is 0 Å². The lowest BCUT2D eigenvalue weighted by Gasteiger charge is -2.13. The normalized spacial score (nSPS) is 12.0. The summed E-state index contributed by atoms with van der Waals surface area (Å²) in [5, 5.41) is 11.4. The Bertz CT molecular complexity index is 471. The summed E-state index contributed by atoms with van der Waals surface area (Å²) in [6.45, 7) is 8.01. The summed E-state index contributed by atoms with van der Waals surface area (Å²) in [6.07, 6.45) is 0.718. The quantitative estimate of drug-likeness (QED) is 0.798. The Morgan fingerprint density at radius 2 is 1.74 bits per heavy atom. The van der Waals surface area contributed by atoms with Crippen molar-refractivity contribution in [1.29, 1.82) is 0 Å². The van der Waals surface area contributed by atoms with Gasteiger partial charge in [0, 0.05) is 6.54 Å². The number of aryl methyl sites for hydroxylation is 3. The van der Waals surface area contributed by atoms with E-state index in [1.807, 2.05) is 0 Å². The van der Waals surface area contributed by atoms with Crippen molar-refractivity contribution in [2.75, 3.05) is 6.54 Å². The van der Waals surface area contributed by atoms with Crippen LogP contribution in [0.5, 0.6) is 0 Å². The molecule has 0 saturated heterocycles. The zero-order valence-electron chi connectivity index (χ0n) is 11.9. The van der Waals surface area contributed by atoms with E-state index in [1.54, 1.807) is 0 Å². The van der Waals surface area contributed by atoms with Gasteiger partial charge in [0.05, 0.1) is 0 Å². The molecule has 0 aliphatic carbocycles. The van der Waals surface area contributed by atoms with Gasteiger partial charge in [-0.25, -0.2) is 0 Å². The van der Waals surface area contributed by atoms with Crippen molar-refractivity contribution >= 4 is 11.9 Å². The third-order valence-electron chi connectivity index (χ3n) is 3.28. The van der Waals surface area contributed by atoms with Crippen LogP contribution in [0.1, 0.15) is 29.2 Å². The van der Waals surface area contributed by atoms with Gasteiger partial charge >= 0.3 is 5.97 Å². The van der Waals surface area contributed by atoms with Crippen molar-refractivity contribution in [1.82, 2.24) is 5.32 Å². The second-order valence-corrected chi connectivity index (χ2v) is 4.98. The highest BCUT2D eigenvalue weighted by Crippen LogP contribution is 2.16. The second kappa shape index (κ2) is 6.36. The largest absolute Gasteiger partial charge is 0.481 e. The average molecular weight is 263 g/mol. The Labute approximate surface area is 113 Å². The summed E-state index contributed by atoms with van der Waals surface area (Å²) in [5.41, 5.74) is 4.85. The molecule has 0 spiro atoms. The standard InChI is InChI=1S/C15H21NO3/c1-9-7-10(2)13(11(3)8-9)5-6-16-14(17)12(4)15(18)19/h7-8,12H,5-6H2,1-4H3,(H,16,17)(H,18,19). The van der Waals surface area contributed by atoms with Crippen LogP contribution in [0, 0.1) is 26.7 Å². The smallest absolute Gasteiger partial charge is 0.315 e. The molecule has 0 bridgehead atoms. The van der Waals surface area contributed by atoms with Gasteiger partial charge in [0.1, 0.15) is 5.92 Å². The summed E-state index contributed by atoms with van der Waals surface area (Å²) in [6, 6.07) is 4.23. The van der Waals surface area contributed by atoms with Crippen molar-refractivity contribution in [2.24, 2.45) is 5.92 Å². The molecule has 0 heterocycles. The lowest BCUT2D eigenvalue weighted by molar-refractivity contribution is -0.146. The van der Waals surface area contributed by atoms with Crippen molar-refractivity contribution in [3.05, 3.63) is 34.4 Å². The monoisotopic (exact) mass is 263 g/mol. The molecular weight excluding hydrogens is 242 g/mol. The molecule has 4 nitrogen and oxygen atoms in total. The van der Waals surface area contributed by atoms with Crippen LogP contribution in [-0.4, -0.2) is 23.5 Å². The van der Waals surface area contributed by atoms with E-state index in [4.69, 9.17) is 5.11 Å². The van der Waals surface area contributed by atoms with Crippen molar-refractivity contribution in [2.45, 2.75) is 34.1 Å². The van der Waals surface area contributed by atoms with E-state index < -0.39 is 17.8 Å². The zero-order valence-corrected chi connectivity index (χ0v) is 11.9. The van der Waals surface area contributed by atoms with Crippen LogP contribution in [0.15, 0.2) is 12.1 Å². The molecule has 1 rings (SSSR count). The summed E-state index contributed by atoms with van der Waals surface area (Å²) in [4.78, 5) is 22.2.